The largest absolute Gasteiger partial charge is 0.486 e. The monoisotopic (exact) mass is 297 g/mol. The van der Waals surface area contributed by atoms with Gasteiger partial charge in [-0.05, 0) is 31.2 Å². The summed E-state index contributed by atoms with van der Waals surface area (Å²) in [7, 11) is 1.35. The van der Waals surface area contributed by atoms with E-state index in [0.717, 1.165) is 5.01 Å². The van der Waals surface area contributed by atoms with Crippen molar-refractivity contribution in [3.63, 3.8) is 0 Å². The number of rotatable bonds is 4. The van der Waals surface area contributed by atoms with Gasteiger partial charge in [0.25, 0.3) is 0 Å². The van der Waals surface area contributed by atoms with Gasteiger partial charge in [0.05, 0.1) is 12.8 Å². The number of carbonyl (C=O) groups is 1. The van der Waals surface area contributed by atoms with Crippen molar-refractivity contribution in [1.82, 2.24) is 4.98 Å². The lowest BCUT2D eigenvalue weighted by Gasteiger charge is -2.03. The first-order valence-corrected chi connectivity index (χ1v) is 6.72. The smallest absolute Gasteiger partial charge is 0.349 e. The number of methoxy groups -OCH3 is 1. The van der Waals surface area contributed by atoms with Gasteiger partial charge in [-0.3, -0.25) is 0 Å². The van der Waals surface area contributed by atoms with Gasteiger partial charge >= 0.3 is 5.97 Å². The van der Waals surface area contributed by atoms with Crippen molar-refractivity contribution in [2.75, 3.05) is 7.11 Å². The molecule has 2 rings (SSSR count). The SMILES string of the molecule is COC(=O)c1sc(COc2ccc(Cl)cc2)nc1C. The Bertz CT molecular complexity index is 580. The summed E-state index contributed by atoms with van der Waals surface area (Å²) in [5.74, 6) is 0.338. The first kappa shape index (κ1) is 13.8. The van der Waals surface area contributed by atoms with E-state index >= 15 is 0 Å². The second kappa shape index (κ2) is 6.04. The highest BCUT2D eigenvalue weighted by atomic mass is 35.5. The highest BCUT2D eigenvalue weighted by molar-refractivity contribution is 7.13. The van der Waals surface area contributed by atoms with Gasteiger partial charge in [-0.15, -0.1) is 11.3 Å². The van der Waals surface area contributed by atoms with Crippen LogP contribution in [0.4, 0.5) is 0 Å². The van der Waals surface area contributed by atoms with Crippen LogP contribution in [0.2, 0.25) is 5.02 Å². The van der Waals surface area contributed by atoms with Crippen molar-refractivity contribution in [1.29, 1.82) is 0 Å². The highest BCUT2D eigenvalue weighted by Crippen LogP contribution is 2.21. The number of hydrogen-bond acceptors (Lipinski definition) is 5. The van der Waals surface area contributed by atoms with Gasteiger partial charge in [0.15, 0.2) is 0 Å². The van der Waals surface area contributed by atoms with Crippen LogP contribution in [0.1, 0.15) is 20.4 Å². The summed E-state index contributed by atoms with van der Waals surface area (Å²) in [4.78, 5) is 16.2. The van der Waals surface area contributed by atoms with Crippen LogP contribution in [0.3, 0.4) is 0 Å². The fraction of sp³-hybridized carbons (Fsp3) is 0.231. The van der Waals surface area contributed by atoms with Crippen LogP contribution in [0.25, 0.3) is 0 Å². The van der Waals surface area contributed by atoms with E-state index in [1.165, 1.54) is 18.4 Å². The Labute approximate surface area is 120 Å². The molecule has 100 valence electrons. The van der Waals surface area contributed by atoms with Gasteiger partial charge in [-0.1, -0.05) is 11.6 Å². The third kappa shape index (κ3) is 3.45. The molecule has 0 radical (unpaired) electrons. The van der Waals surface area contributed by atoms with E-state index in [1.54, 1.807) is 31.2 Å². The van der Waals surface area contributed by atoms with Gasteiger partial charge in [0.1, 0.15) is 22.2 Å². The molecule has 0 atom stereocenters. The van der Waals surface area contributed by atoms with Gasteiger partial charge in [0.2, 0.25) is 0 Å². The zero-order chi connectivity index (χ0) is 13.8. The minimum absolute atomic E-state index is 0.310. The molecule has 2 aromatic rings. The fourth-order valence-corrected chi connectivity index (χ4v) is 2.49. The molecule has 0 fully saturated rings. The van der Waals surface area contributed by atoms with Gasteiger partial charge in [0, 0.05) is 5.02 Å². The Kier molecular flexibility index (Phi) is 4.39. The van der Waals surface area contributed by atoms with E-state index in [-0.39, 0.29) is 5.97 Å². The lowest BCUT2D eigenvalue weighted by molar-refractivity contribution is 0.0605. The van der Waals surface area contributed by atoms with E-state index in [0.29, 0.717) is 28.0 Å². The molecule has 4 nitrogen and oxygen atoms in total. The van der Waals surface area contributed by atoms with Crippen LogP contribution in [-0.4, -0.2) is 18.1 Å². The number of esters is 1. The van der Waals surface area contributed by atoms with Crippen molar-refractivity contribution in [3.05, 3.63) is 44.9 Å². The molecule has 1 aromatic heterocycles. The molecule has 1 aromatic carbocycles. The third-order valence-corrected chi connectivity index (χ3v) is 3.75. The molecule has 0 unspecified atom stereocenters. The fourth-order valence-electron chi connectivity index (χ4n) is 1.47. The Balaban J connectivity index is 2.04. The molecule has 19 heavy (non-hydrogen) atoms. The van der Waals surface area contributed by atoms with E-state index in [4.69, 9.17) is 16.3 Å². The minimum atomic E-state index is -0.368. The summed E-state index contributed by atoms with van der Waals surface area (Å²) >= 11 is 7.06. The van der Waals surface area contributed by atoms with Crippen molar-refractivity contribution >= 4 is 28.9 Å². The average Bonchev–Trinajstić information content (AvgIpc) is 2.78. The number of nitrogens with zero attached hydrogens (tertiary/aromatic N) is 1. The predicted molar refractivity (Wildman–Crippen MR) is 74.0 cm³/mol. The maximum absolute atomic E-state index is 11.5. The number of benzene rings is 1. The highest BCUT2D eigenvalue weighted by Gasteiger charge is 2.15. The first-order chi connectivity index (χ1) is 9.10. The van der Waals surface area contributed by atoms with Crippen LogP contribution in [0.15, 0.2) is 24.3 Å². The Morgan fingerprint density at radius 3 is 2.68 bits per heavy atom. The minimum Gasteiger partial charge on any atom is -0.486 e. The molecular formula is C13H12ClNO3S. The summed E-state index contributed by atoms with van der Waals surface area (Å²) in [5.41, 5.74) is 0.659. The summed E-state index contributed by atoms with van der Waals surface area (Å²) in [6, 6.07) is 7.07. The van der Waals surface area contributed by atoms with E-state index in [9.17, 15) is 4.79 Å². The van der Waals surface area contributed by atoms with Crippen molar-refractivity contribution in [2.24, 2.45) is 0 Å². The lowest BCUT2D eigenvalue weighted by atomic mass is 10.3. The molecular weight excluding hydrogens is 286 g/mol. The molecule has 0 saturated heterocycles. The molecule has 1 heterocycles. The third-order valence-electron chi connectivity index (χ3n) is 2.39. The van der Waals surface area contributed by atoms with Gasteiger partial charge in [-0.2, -0.15) is 0 Å². The topological polar surface area (TPSA) is 48.4 Å². The quantitative estimate of drug-likeness (QED) is 0.811. The molecule has 0 N–H and O–H groups in total. The Morgan fingerprint density at radius 1 is 1.37 bits per heavy atom. The summed E-state index contributed by atoms with van der Waals surface area (Å²) in [6.45, 7) is 2.08. The molecule has 0 saturated carbocycles. The summed E-state index contributed by atoms with van der Waals surface area (Å²) < 4.78 is 10.2. The second-order valence-corrected chi connectivity index (χ2v) is 5.28. The second-order valence-electron chi connectivity index (χ2n) is 3.76. The predicted octanol–water partition coefficient (Wildman–Crippen LogP) is 3.47. The molecule has 0 aliphatic heterocycles. The molecule has 0 aliphatic carbocycles. The van der Waals surface area contributed by atoms with E-state index in [2.05, 4.69) is 9.72 Å². The molecule has 0 amide bonds. The number of thiazole rings is 1. The standard InChI is InChI=1S/C13H12ClNO3S/c1-8-12(13(16)17-2)19-11(15-8)7-18-10-5-3-9(14)4-6-10/h3-6H,7H2,1-2H3. The van der Waals surface area contributed by atoms with Crippen LogP contribution in [-0.2, 0) is 11.3 Å². The summed E-state index contributed by atoms with van der Waals surface area (Å²) in [5, 5.41) is 1.39. The zero-order valence-corrected chi connectivity index (χ0v) is 12.0. The molecule has 0 bridgehead atoms. The van der Waals surface area contributed by atoms with Crippen LogP contribution in [0.5, 0.6) is 5.75 Å². The zero-order valence-electron chi connectivity index (χ0n) is 10.5. The Morgan fingerprint density at radius 2 is 2.05 bits per heavy atom. The number of halogens is 1. The first-order valence-electron chi connectivity index (χ1n) is 5.53. The number of aryl methyl sites for hydroxylation is 1. The molecule has 0 aliphatic rings. The maximum atomic E-state index is 11.5. The van der Waals surface area contributed by atoms with E-state index in [1.807, 2.05) is 0 Å². The maximum Gasteiger partial charge on any atom is 0.349 e. The van der Waals surface area contributed by atoms with Crippen molar-refractivity contribution < 1.29 is 14.3 Å². The van der Waals surface area contributed by atoms with Crippen LogP contribution < -0.4 is 4.74 Å². The average molecular weight is 298 g/mol. The van der Waals surface area contributed by atoms with Crippen molar-refractivity contribution in [3.8, 4) is 5.75 Å². The van der Waals surface area contributed by atoms with Crippen LogP contribution in [0, 0.1) is 6.92 Å². The molecule has 6 heteroatoms. The van der Waals surface area contributed by atoms with E-state index < -0.39 is 0 Å². The number of ether oxygens (including phenoxy) is 2. The number of aromatic nitrogens is 1. The van der Waals surface area contributed by atoms with Gasteiger partial charge < -0.3 is 9.47 Å². The van der Waals surface area contributed by atoms with Crippen molar-refractivity contribution in [2.45, 2.75) is 13.5 Å². The van der Waals surface area contributed by atoms with Gasteiger partial charge in [-0.25, -0.2) is 9.78 Å². The number of hydrogen-bond donors (Lipinski definition) is 0. The lowest BCUT2D eigenvalue weighted by Crippen LogP contribution is -1.99. The summed E-state index contributed by atoms with van der Waals surface area (Å²) in [6.07, 6.45) is 0. The van der Waals surface area contributed by atoms with Crippen LogP contribution >= 0.6 is 22.9 Å². The number of carbonyl (C=O) groups excluding carboxylic acids is 1. The Hall–Kier alpha value is -1.59. The normalized spacial score (nSPS) is 10.3. The molecule has 0 spiro atoms.